The van der Waals surface area contributed by atoms with E-state index in [1.807, 2.05) is 6.92 Å². The maximum Gasteiger partial charge on any atom is 0.338 e. The van der Waals surface area contributed by atoms with Crippen LogP contribution in [0.2, 0.25) is 0 Å². The van der Waals surface area contributed by atoms with E-state index < -0.39 is 24.0 Å². The first-order valence-corrected chi connectivity index (χ1v) is 9.99. The first-order valence-electron chi connectivity index (χ1n) is 9.99. The molecular formula is C21H25N3O6. The molecule has 9 nitrogen and oxygen atoms in total. The summed E-state index contributed by atoms with van der Waals surface area (Å²) in [6, 6.07) is 5.62. The molecule has 9 heteroatoms. The van der Waals surface area contributed by atoms with Gasteiger partial charge in [-0.25, -0.2) is 14.4 Å². The maximum atomic E-state index is 12.6. The molecule has 0 unspecified atom stereocenters. The molecule has 2 aliphatic rings. The molecule has 0 aromatic heterocycles. The molecule has 1 aromatic carbocycles. The second-order valence-corrected chi connectivity index (χ2v) is 6.95. The quantitative estimate of drug-likeness (QED) is 0.658. The minimum atomic E-state index is -0.625. The summed E-state index contributed by atoms with van der Waals surface area (Å²) in [6.45, 7) is 4.02. The van der Waals surface area contributed by atoms with Gasteiger partial charge in [0.25, 0.3) is 0 Å². The number of anilines is 1. The number of carbonyl (C=O) groups excluding carboxylic acids is 4. The average molecular weight is 415 g/mol. The van der Waals surface area contributed by atoms with Gasteiger partial charge in [-0.05, 0) is 38.0 Å². The number of carbonyl (C=O) groups is 4. The van der Waals surface area contributed by atoms with Crippen LogP contribution in [0.15, 0.2) is 35.5 Å². The van der Waals surface area contributed by atoms with E-state index in [1.165, 1.54) is 0 Å². The lowest BCUT2D eigenvalue weighted by molar-refractivity contribution is -0.139. The highest BCUT2D eigenvalue weighted by molar-refractivity contribution is 5.98. The summed E-state index contributed by atoms with van der Waals surface area (Å²) in [4.78, 5) is 50.5. The van der Waals surface area contributed by atoms with Crippen molar-refractivity contribution in [1.82, 2.24) is 10.6 Å². The minimum Gasteiger partial charge on any atom is -0.463 e. The Morgan fingerprint density at radius 1 is 1.17 bits per heavy atom. The van der Waals surface area contributed by atoms with E-state index in [4.69, 9.17) is 9.47 Å². The predicted octanol–water partition coefficient (Wildman–Crippen LogP) is 1.88. The zero-order chi connectivity index (χ0) is 21.7. The third-order valence-electron chi connectivity index (χ3n) is 4.96. The largest absolute Gasteiger partial charge is 0.463 e. The molecule has 2 heterocycles. The van der Waals surface area contributed by atoms with Crippen LogP contribution in [0.3, 0.4) is 0 Å². The maximum absolute atomic E-state index is 12.6. The van der Waals surface area contributed by atoms with Crippen molar-refractivity contribution in [3.05, 3.63) is 41.1 Å². The Morgan fingerprint density at radius 3 is 2.63 bits per heavy atom. The van der Waals surface area contributed by atoms with E-state index in [2.05, 4.69) is 10.6 Å². The van der Waals surface area contributed by atoms with Crippen molar-refractivity contribution in [3.8, 4) is 0 Å². The highest BCUT2D eigenvalue weighted by Crippen LogP contribution is 2.23. The van der Waals surface area contributed by atoms with Gasteiger partial charge < -0.3 is 25.0 Å². The monoisotopic (exact) mass is 415 g/mol. The summed E-state index contributed by atoms with van der Waals surface area (Å²) in [5.41, 5.74) is 1.35. The van der Waals surface area contributed by atoms with E-state index in [1.54, 1.807) is 36.1 Å². The summed E-state index contributed by atoms with van der Waals surface area (Å²) in [5, 5.41) is 5.20. The molecule has 1 aromatic rings. The minimum absolute atomic E-state index is 0.0211. The zero-order valence-electron chi connectivity index (χ0n) is 17.0. The lowest BCUT2D eigenvalue weighted by Crippen LogP contribution is -2.51. The number of hydrogen-bond acceptors (Lipinski definition) is 6. The smallest absolute Gasteiger partial charge is 0.338 e. The molecule has 30 heavy (non-hydrogen) atoms. The summed E-state index contributed by atoms with van der Waals surface area (Å²) in [7, 11) is 0. The number of nitrogens with one attached hydrogen (secondary N) is 2. The van der Waals surface area contributed by atoms with Gasteiger partial charge in [-0.3, -0.25) is 4.79 Å². The number of rotatable bonds is 7. The Morgan fingerprint density at radius 2 is 1.97 bits per heavy atom. The number of amides is 3. The van der Waals surface area contributed by atoms with Gasteiger partial charge in [0.1, 0.15) is 6.61 Å². The molecule has 0 radical (unpaired) electrons. The first-order chi connectivity index (χ1) is 14.4. The van der Waals surface area contributed by atoms with Gasteiger partial charge in [-0.2, -0.15) is 0 Å². The van der Waals surface area contributed by atoms with Crippen LogP contribution in [0.5, 0.6) is 0 Å². The van der Waals surface area contributed by atoms with Crippen molar-refractivity contribution in [1.29, 1.82) is 0 Å². The summed E-state index contributed by atoms with van der Waals surface area (Å²) in [6.07, 6.45) is 1.75. The van der Waals surface area contributed by atoms with Gasteiger partial charge in [-0.15, -0.1) is 0 Å². The number of ether oxygens (including phenoxy) is 2. The molecule has 0 spiro atoms. The number of nitrogens with zero attached hydrogens (tertiary/aromatic N) is 1. The molecule has 1 fully saturated rings. The fourth-order valence-electron chi connectivity index (χ4n) is 3.52. The van der Waals surface area contributed by atoms with Crippen molar-refractivity contribution >= 4 is 29.6 Å². The average Bonchev–Trinajstić information content (AvgIpc) is 3.17. The second kappa shape index (κ2) is 9.43. The number of esters is 2. The van der Waals surface area contributed by atoms with Crippen LogP contribution >= 0.6 is 0 Å². The van der Waals surface area contributed by atoms with Gasteiger partial charge in [0.05, 0.1) is 29.5 Å². The second-order valence-electron chi connectivity index (χ2n) is 6.95. The Bertz CT molecular complexity index is 894. The van der Waals surface area contributed by atoms with Crippen LogP contribution in [0.4, 0.5) is 10.5 Å². The number of benzene rings is 1. The molecule has 1 saturated heterocycles. The van der Waals surface area contributed by atoms with E-state index >= 15 is 0 Å². The fourth-order valence-corrected chi connectivity index (χ4v) is 3.52. The lowest BCUT2D eigenvalue weighted by Gasteiger charge is -2.28. The number of urea groups is 1. The van der Waals surface area contributed by atoms with Gasteiger partial charge in [0.2, 0.25) is 5.91 Å². The van der Waals surface area contributed by atoms with Crippen LogP contribution in [0.1, 0.15) is 43.5 Å². The zero-order valence-corrected chi connectivity index (χ0v) is 17.0. The molecule has 2 aliphatic heterocycles. The summed E-state index contributed by atoms with van der Waals surface area (Å²) in [5.74, 6) is -1.18. The Labute approximate surface area is 174 Å². The Kier molecular flexibility index (Phi) is 6.71. The third kappa shape index (κ3) is 4.61. The molecule has 160 valence electrons. The highest BCUT2D eigenvalue weighted by Gasteiger charge is 2.32. The SMILES string of the molecule is CCOC(=O)C1=C(COC(=O)c2cccc(N3CCCC3=O)c2)NC(=O)N[C@@H]1CC. The molecule has 3 amide bonds. The van der Waals surface area contributed by atoms with Crippen LogP contribution in [-0.2, 0) is 19.1 Å². The van der Waals surface area contributed by atoms with Crippen molar-refractivity contribution in [2.24, 2.45) is 0 Å². The number of hydrogen-bond donors (Lipinski definition) is 2. The molecular weight excluding hydrogens is 390 g/mol. The van der Waals surface area contributed by atoms with Gasteiger partial charge >= 0.3 is 18.0 Å². The van der Waals surface area contributed by atoms with Crippen LogP contribution in [0.25, 0.3) is 0 Å². The van der Waals surface area contributed by atoms with Crippen molar-refractivity contribution in [2.75, 3.05) is 24.7 Å². The lowest BCUT2D eigenvalue weighted by atomic mass is 10.0. The van der Waals surface area contributed by atoms with Gasteiger partial charge in [0, 0.05) is 18.7 Å². The molecule has 2 N–H and O–H groups in total. The molecule has 0 saturated carbocycles. The van der Waals surface area contributed by atoms with Crippen LogP contribution < -0.4 is 15.5 Å². The van der Waals surface area contributed by atoms with Gasteiger partial charge in [-0.1, -0.05) is 13.0 Å². The molecule has 1 atom stereocenters. The Hall–Kier alpha value is -3.36. The van der Waals surface area contributed by atoms with Crippen molar-refractivity contribution in [3.63, 3.8) is 0 Å². The molecule has 0 aliphatic carbocycles. The van der Waals surface area contributed by atoms with Gasteiger partial charge in [0.15, 0.2) is 0 Å². The fraction of sp³-hybridized carbons (Fsp3) is 0.429. The normalized spacial score (nSPS) is 18.7. The summed E-state index contributed by atoms with van der Waals surface area (Å²) >= 11 is 0. The molecule has 0 bridgehead atoms. The van der Waals surface area contributed by atoms with Crippen molar-refractivity contribution < 1.29 is 28.7 Å². The van der Waals surface area contributed by atoms with E-state index in [0.29, 0.717) is 25.1 Å². The van der Waals surface area contributed by atoms with Crippen molar-refractivity contribution in [2.45, 2.75) is 39.2 Å². The van der Waals surface area contributed by atoms with E-state index in [0.717, 1.165) is 6.42 Å². The standard InChI is InChI=1S/C21H25N3O6/c1-3-15-18(20(27)29-4-2)16(23-21(28)22-15)12-30-19(26)13-7-5-8-14(11-13)24-10-6-9-17(24)25/h5,7-8,11,15H,3-4,6,9-10,12H2,1-2H3,(H2,22,23,28)/t15-/m1/s1. The van der Waals surface area contributed by atoms with E-state index in [9.17, 15) is 19.2 Å². The first kappa shape index (κ1) is 21.4. The summed E-state index contributed by atoms with van der Waals surface area (Å²) < 4.78 is 10.4. The van der Waals surface area contributed by atoms with Crippen LogP contribution in [-0.4, -0.2) is 49.7 Å². The molecule has 3 rings (SSSR count). The highest BCUT2D eigenvalue weighted by atomic mass is 16.5. The van der Waals surface area contributed by atoms with Crippen LogP contribution in [0, 0.1) is 0 Å². The predicted molar refractivity (Wildman–Crippen MR) is 108 cm³/mol. The topological polar surface area (TPSA) is 114 Å². The Balaban J connectivity index is 1.77. The van der Waals surface area contributed by atoms with E-state index in [-0.39, 0.29) is 36.0 Å². The third-order valence-corrected chi connectivity index (χ3v) is 4.96.